The molecule has 1 aromatic carbocycles. The van der Waals surface area contributed by atoms with E-state index in [1.54, 1.807) is 13.8 Å². The van der Waals surface area contributed by atoms with Crippen LogP contribution in [0.5, 0.6) is 0 Å². The monoisotopic (exact) mass is 368 g/mol. The first kappa shape index (κ1) is 17.4. The van der Waals surface area contributed by atoms with Crippen molar-refractivity contribution in [3.05, 3.63) is 32.3 Å². The molecule has 0 atom stereocenters. The van der Waals surface area contributed by atoms with Gasteiger partial charge in [0.05, 0.1) is 15.1 Å². The summed E-state index contributed by atoms with van der Waals surface area (Å²) >= 11 is 2.74. The Hall–Kier alpha value is -1.64. The van der Waals surface area contributed by atoms with Crippen LogP contribution in [0.4, 0.5) is 24.5 Å². The van der Waals surface area contributed by atoms with Crippen LogP contribution in [0.25, 0.3) is 0 Å². The molecular weight excluding hydrogens is 357 g/mol. The zero-order valence-corrected chi connectivity index (χ0v) is 12.9. The number of amides is 1. The minimum Gasteiger partial charge on any atom is -0.314 e. The SMILES string of the molecule is CC(C)C(=O)N(C)c1ccc([N+](=O)[O-])c(C(F)(F)F)c1Br. The smallest absolute Gasteiger partial charge is 0.314 e. The number of halogens is 4. The second-order valence-electron chi connectivity index (χ2n) is 4.60. The van der Waals surface area contributed by atoms with Gasteiger partial charge in [0, 0.05) is 19.0 Å². The van der Waals surface area contributed by atoms with Gasteiger partial charge in [0.25, 0.3) is 5.69 Å². The van der Waals surface area contributed by atoms with Gasteiger partial charge in [0.2, 0.25) is 5.91 Å². The fourth-order valence-electron chi connectivity index (χ4n) is 1.74. The second-order valence-corrected chi connectivity index (χ2v) is 5.39. The highest BCUT2D eigenvalue weighted by molar-refractivity contribution is 9.10. The Morgan fingerprint density at radius 1 is 1.38 bits per heavy atom. The number of nitro benzene ring substituents is 1. The first-order valence-corrected chi connectivity index (χ1v) is 6.59. The van der Waals surface area contributed by atoms with Gasteiger partial charge in [0.15, 0.2) is 0 Å². The summed E-state index contributed by atoms with van der Waals surface area (Å²) in [5, 5.41) is 10.7. The van der Waals surface area contributed by atoms with Crippen LogP contribution in [0.1, 0.15) is 19.4 Å². The van der Waals surface area contributed by atoms with E-state index in [2.05, 4.69) is 15.9 Å². The van der Waals surface area contributed by atoms with E-state index in [0.29, 0.717) is 0 Å². The van der Waals surface area contributed by atoms with Crippen LogP contribution in [0.15, 0.2) is 16.6 Å². The van der Waals surface area contributed by atoms with Crippen molar-refractivity contribution < 1.29 is 22.9 Å². The topological polar surface area (TPSA) is 63.5 Å². The lowest BCUT2D eigenvalue weighted by Gasteiger charge is -2.22. The van der Waals surface area contributed by atoms with Crippen molar-refractivity contribution in [2.24, 2.45) is 5.92 Å². The van der Waals surface area contributed by atoms with E-state index in [9.17, 15) is 28.1 Å². The highest BCUT2D eigenvalue weighted by Gasteiger charge is 2.42. The predicted molar refractivity (Wildman–Crippen MR) is 74.0 cm³/mol. The summed E-state index contributed by atoms with van der Waals surface area (Å²) < 4.78 is 38.6. The average Bonchev–Trinajstić information content (AvgIpc) is 2.34. The van der Waals surface area contributed by atoms with Crippen LogP contribution in [0.3, 0.4) is 0 Å². The molecule has 0 heterocycles. The lowest BCUT2D eigenvalue weighted by molar-refractivity contribution is -0.388. The quantitative estimate of drug-likeness (QED) is 0.598. The normalized spacial score (nSPS) is 11.6. The maximum atomic E-state index is 13.0. The molecule has 0 saturated carbocycles. The zero-order valence-electron chi connectivity index (χ0n) is 11.4. The molecule has 1 aromatic rings. The molecule has 0 aliphatic heterocycles. The third-order valence-corrected chi connectivity index (χ3v) is 3.57. The number of alkyl halides is 3. The number of carbonyl (C=O) groups is 1. The van der Waals surface area contributed by atoms with Gasteiger partial charge < -0.3 is 4.90 Å². The molecule has 9 heteroatoms. The van der Waals surface area contributed by atoms with E-state index in [0.717, 1.165) is 17.0 Å². The summed E-state index contributed by atoms with van der Waals surface area (Å²) in [5.74, 6) is -0.830. The molecule has 0 aliphatic carbocycles. The van der Waals surface area contributed by atoms with Gasteiger partial charge in [-0.05, 0) is 22.0 Å². The van der Waals surface area contributed by atoms with Crippen molar-refractivity contribution in [1.82, 2.24) is 0 Å². The number of hydrogen-bond donors (Lipinski definition) is 0. The third kappa shape index (κ3) is 3.52. The minimum atomic E-state index is -4.92. The van der Waals surface area contributed by atoms with E-state index >= 15 is 0 Å². The minimum absolute atomic E-state index is 0.0772. The van der Waals surface area contributed by atoms with Crippen molar-refractivity contribution in [2.75, 3.05) is 11.9 Å². The molecule has 0 bridgehead atoms. The number of nitro groups is 1. The van der Waals surface area contributed by atoms with Crippen molar-refractivity contribution in [3.63, 3.8) is 0 Å². The average molecular weight is 369 g/mol. The fourth-order valence-corrected chi connectivity index (χ4v) is 2.57. The summed E-state index contributed by atoms with van der Waals surface area (Å²) in [6.45, 7) is 3.20. The molecule has 0 spiro atoms. The lowest BCUT2D eigenvalue weighted by Crippen LogP contribution is -2.31. The Labute approximate surface area is 127 Å². The Balaban J connectivity index is 3.53. The first-order valence-electron chi connectivity index (χ1n) is 5.80. The standard InChI is InChI=1S/C12H12BrF3N2O3/c1-6(2)11(19)17(3)8-5-4-7(18(20)21)9(10(8)13)12(14,15)16/h4-6H,1-3H3. The van der Waals surface area contributed by atoms with Gasteiger partial charge in [-0.2, -0.15) is 13.2 Å². The molecule has 116 valence electrons. The van der Waals surface area contributed by atoms with E-state index in [1.807, 2.05) is 0 Å². The Morgan fingerprint density at radius 3 is 2.29 bits per heavy atom. The van der Waals surface area contributed by atoms with Crippen LogP contribution < -0.4 is 4.90 Å². The van der Waals surface area contributed by atoms with Gasteiger partial charge >= 0.3 is 6.18 Å². The Kier molecular flexibility index (Phi) is 4.98. The van der Waals surface area contributed by atoms with Crippen LogP contribution in [-0.2, 0) is 11.0 Å². The molecule has 0 fully saturated rings. The summed E-state index contributed by atoms with van der Waals surface area (Å²) in [6, 6.07) is 1.85. The highest BCUT2D eigenvalue weighted by Crippen LogP contribution is 2.45. The van der Waals surface area contributed by atoms with E-state index in [1.165, 1.54) is 7.05 Å². The van der Waals surface area contributed by atoms with Crippen molar-refractivity contribution >= 4 is 33.2 Å². The third-order valence-electron chi connectivity index (χ3n) is 2.77. The van der Waals surface area contributed by atoms with Gasteiger partial charge in [0.1, 0.15) is 5.56 Å². The van der Waals surface area contributed by atoms with E-state index in [4.69, 9.17) is 0 Å². The molecule has 5 nitrogen and oxygen atoms in total. The Morgan fingerprint density at radius 2 is 1.90 bits per heavy atom. The number of nitrogens with zero attached hydrogens (tertiary/aromatic N) is 2. The molecule has 0 saturated heterocycles. The number of rotatable bonds is 3. The van der Waals surface area contributed by atoms with Crippen molar-refractivity contribution in [1.29, 1.82) is 0 Å². The van der Waals surface area contributed by atoms with E-state index in [-0.39, 0.29) is 5.69 Å². The van der Waals surface area contributed by atoms with Crippen LogP contribution in [-0.4, -0.2) is 17.9 Å². The molecule has 1 rings (SSSR count). The Bertz CT molecular complexity index is 588. The number of anilines is 1. The van der Waals surface area contributed by atoms with Gasteiger partial charge in [-0.3, -0.25) is 14.9 Å². The molecule has 0 N–H and O–H groups in total. The molecule has 21 heavy (non-hydrogen) atoms. The summed E-state index contributed by atoms with van der Waals surface area (Å²) in [5.41, 5.74) is -2.55. The molecule has 0 aromatic heterocycles. The summed E-state index contributed by atoms with van der Waals surface area (Å²) in [6.07, 6.45) is -4.92. The van der Waals surface area contributed by atoms with Crippen LogP contribution in [0.2, 0.25) is 0 Å². The molecule has 0 aliphatic rings. The lowest BCUT2D eigenvalue weighted by atomic mass is 10.1. The number of benzene rings is 1. The van der Waals surface area contributed by atoms with Gasteiger partial charge in [-0.1, -0.05) is 13.8 Å². The van der Waals surface area contributed by atoms with Crippen LogP contribution >= 0.6 is 15.9 Å². The predicted octanol–water partition coefficient (Wildman–Crippen LogP) is 3.99. The van der Waals surface area contributed by atoms with Gasteiger partial charge in [-0.15, -0.1) is 0 Å². The molecule has 0 unspecified atom stereocenters. The largest absolute Gasteiger partial charge is 0.424 e. The highest BCUT2D eigenvalue weighted by atomic mass is 79.9. The van der Waals surface area contributed by atoms with Crippen molar-refractivity contribution in [2.45, 2.75) is 20.0 Å². The van der Waals surface area contributed by atoms with Gasteiger partial charge in [-0.25, -0.2) is 0 Å². The number of carbonyl (C=O) groups excluding carboxylic acids is 1. The molecule has 1 amide bonds. The zero-order chi connectivity index (χ0) is 16.5. The summed E-state index contributed by atoms with van der Waals surface area (Å²) in [4.78, 5) is 22.5. The number of hydrogen-bond acceptors (Lipinski definition) is 3. The molecular formula is C12H12BrF3N2O3. The maximum Gasteiger partial charge on any atom is 0.424 e. The maximum absolute atomic E-state index is 13.0. The fraction of sp³-hybridized carbons (Fsp3) is 0.417. The van der Waals surface area contributed by atoms with Crippen LogP contribution in [0, 0.1) is 16.0 Å². The summed E-state index contributed by atoms with van der Waals surface area (Å²) in [7, 11) is 1.31. The van der Waals surface area contributed by atoms with Crippen molar-refractivity contribution in [3.8, 4) is 0 Å². The molecule has 0 radical (unpaired) electrons. The first-order chi connectivity index (χ1) is 9.48. The second kappa shape index (κ2) is 6.00. The van der Waals surface area contributed by atoms with E-state index < -0.39 is 38.6 Å².